The number of hydrogen-bond donors (Lipinski definition) is 2. The molecule has 0 aromatic heterocycles. The van der Waals surface area contributed by atoms with Crippen LogP contribution in [0.1, 0.15) is 36.7 Å². The highest BCUT2D eigenvalue weighted by Crippen LogP contribution is 2.22. The molecule has 8 heteroatoms. The minimum atomic E-state index is -0.415. The van der Waals surface area contributed by atoms with E-state index in [1.54, 1.807) is 56.3 Å². The van der Waals surface area contributed by atoms with Gasteiger partial charge in [-0.3, -0.25) is 14.4 Å². The lowest BCUT2D eigenvalue weighted by molar-refractivity contribution is -0.137. The Morgan fingerprint density at radius 2 is 1.79 bits per heavy atom. The predicted octanol–water partition coefficient (Wildman–Crippen LogP) is 3.73. The molecule has 0 aliphatic rings. The average molecular weight is 446 g/mol. The Morgan fingerprint density at radius 3 is 2.39 bits per heavy atom. The van der Waals surface area contributed by atoms with Gasteiger partial charge in [0.2, 0.25) is 5.91 Å². The summed E-state index contributed by atoms with van der Waals surface area (Å²) in [6.07, 6.45) is 1.40. The van der Waals surface area contributed by atoms with E-state index in [4.69, 9.17) is 4.74 Å². The molecule has 2 amide bonds. The fourth-order valence-electron chi connectivity index (χ4n) is 2.07. The van der Waals surface area contributed by atoms with Gasteiger partial charge in [-0.2, -0.15) is 5.10 Å². The molecular weight excluding hydrogens is 426 g/mol. The van der Waals surface area contributed by atoms with E-state index in [9.17, 15) is 14.4 Å². The summed E-state index contributed by atoms with van der Waals surface area (Å²) in [6.45, 7) is 4.89. The number of nitrogens with one attached hydrogen (secondary N) is 2. The fraction of sp³-hybridized carbons (Fsp3) is 0.200. The summed E-state index contributed by atoms with van der Waals surface area (Å²) in [5, 5.41) is 6.56. The van der Waals surface area contributed by atoms with Crippen molar-refractivity contribution in [2.75, 3.05) is 5.32 Å². The molecule has 0 bridgehead atoms. The van der Waals surface area contributed by atoms with E-state index in [0.717, 1.165) is 4.47 Å². The summed E-state index contributed by atoms with van der Waals surface area (Å²) in [5.41, 5.74) is 3.93. The Hall–Kier alpha value is -3.00. The van der Waals surface area contributed by atoms with Gasteiger partial charge in [0.1, 0.15) is 5.75 Å². The highest BCUT2D eigenvalue weighted by Gasteiger charge is 2.12. The lowest BCUT2D eigenvalue weighted by Gasteiger charge is -2.09. The maximum absolute atomic E-state index is 12.2. The second-order valence-corrected chi connectivity index (χ2v) is 7.13. The lowest BCUT2D eigenvalue weighted by atomic mass is 10.2. The van der Waals surface area contributed by atoms with E-state index in [-0.39, 0.29) is 17.8 Å². The predicted molar refractivity (Wildman–Crippen MR) is 110 cm³/mol. The van der Waals surface area contributed by atoms with Crippen LogP contribution in [0.25, 0.3) is 0 Å². The molecule has 0 atom stereocenters. The lowest BCUT2D eigenvalue weighted by Crippen LogP contribution is -2.18. The summed E-state index contributed by atoms with van der Waals surface area (Å²) in [6, 6.07) is 11.5. The Labute approximate surface area is 171 Å². The zero-order valence-electron chi connectivity index (χ0n) is 15.7. The molecule has 0 saturated carbocycles. The normalized spacial score (nSPS) is 10.8. The first-order chi connectivity index (χ1) is 13.3. The van der Waals surface area contributed by atoms with Gasteiger partial charge in [-0.1, -0.05) is 29.8 Å². The molecule has 2 rings (SSSR count). The maximum Gasteiger partial charge on any atom is 0.313 e. The van der Waals surface area contributed by atoms with Crippen molar-refractivity contribution in [3.63, 3.8) is 0 Å². The second kappa shape index (κ2) is 9.80. The molecule has 28 heavy (non-hydrogen) atoms. The van der Waals surface area contributed by atoms with Crippen LogP contribution in [-0.4, -0.2) is 24.0 Å². The van der Waals surface area contributed by atoms with Crippen LogP contribution in [0.3, 0.4) is 0 Å². The van der Waals surface area contributed by atoms with Gasteiger partial charge in [-0.25, -0.2) is 5.43 Å². The van der Waals surface area contributed by atoms with Crippen LogP contribution in [0.5, 0.6) is 5.75 Å². The molecule has 0 radical (unpaired) electrons. The third-order valence-corrected chi connectivity index (χ3v) is 3.98. The molecule has 7 nitrogen and oxygen atoms in total. The first-order valence-electron chi connectivity index (χ1n) is 8.48. The molecule has 0 saturated heterocycles. The molecule has 0 aliphatic carbocycles. The van der Waals surface area contributed by atoms with Crippen LogP contribution in [-0.2, 0) is 9.59 Å². The van der Waals surface area contributed by atoms with E-state index >= 15 is 0 Å². The first kappa shape index (κ1) is 21.3. The number of nitrogens with zero attached hydrogens (tertiary/aromatic N) is 1. The van der Waals surface area contributed by atoms with Crippen molar-refractivity contribution in [1.29, 1.82) is 0 Å². The SMILES string of the molecule is CC(=O)Nc1ccc(C(=O)NN=Cc2cc(Br)ccc2OC(=O)C(C)C)cc1. The zero-order valence-corrected chi connectivity index (χ0v) is 17.2. The molecule has 2 aromatic carbocycles. The number of carbonyl (C=O) groups is 3. The van der Waals surface area contributed by atoms with Crippen LogP contribution in [0, 0.1) is 5.92 Å². The van der Waals surface area contributed by atoms with Crippen LogP contribution < -0.4 is 15.5 Å². The van der Waals surface area contributed by atoms with Gasteiger partial charge in [0.25, 0.3) is 5.91 Å². The molecule has 0 unspecified atom stereocenters. The van der Waals surface area contributed by atoms with Crippen LogP contribution in [0.2, 0.25) is 0 Å². The van der Waals surface area contributed by atoms with Gasteiger partial charge in [0.15, 0.2) is 0 Å². The van der Waals surface area contributed by atoms with E-state index in [2.05, 4.69) is 31.8 Å². The van der Waals surface area contributed by atoms with Crippen molar-refractivity contribution in [3.8, 4) is 5.75 Å². The number of hydrogen-bond acceptors (Lipinski definition) is 5. The molecule has 0 aliphatic heterocycles. The number of carbonyl (C=O) groups excluding carboxylic acids is 3. The van der Waals surface area contributed by atoms with Crippen molar-refractivity contribution in [2.24, 2.45) is 11.0 Å². The van der Waals surface area contributed by atoms with Crippen LogP contribution in [0.4, 0.5) is 5.69 Å². The quantitative estimate of drug-likeness (QED) is 0.306. The largest absolute Gasteiger partial charge is 0.426 e. The molecular formula is C20H20BrN3O4. The Kier molecular flexibility index (Phi) is 7.45. The monoisotopic (exact) mass is 445 g/mol. The Morgan fingerprint density at radius 1 is 1.11 bits per heavy atom. The third kappa shape index (κ3) is 6.31. The van der Waals surface area contributed by atoms with Crippen molar-refractivity contribution in [3.05, 3.63) is 58.1 Å². The topological polar surface area (TPSA) is 96.9 Å². The summed E-state index contributed by atoms with van der Waals surface area (Å²) < 4.78 is 6.13. The first-order valence-corrected chi connectivity index (χ1v) is 9.28. The molecule has 0 spiro atoms. The van der Waals surface area contributed by atoms with Crippen molar-refractivity contribution in [2.45, 2.75) is 20.8 Å². The highest BCUT2D eigenvalue weighted by molar-refractivity contribution is 9.10. The molecule has 0 fully saturated rings. The number of anilines is 1. The van der Waals surface area contributed by atoms with Gasteiger partial charge in [-0.05, 0) is 42.5 Å². The Balaban J connectivity index is 2.07. The van der Waals surface area contributed by atoms with Crippen LogP contribution >= 0.6 is 15.9 Å². The number of esters is 1. The van der Waals surface area contributed by atoms with Crippen molar-refractivity contribution in [1.82, 2.24) is 5.43 Å². The van der Waals surface area contributed by atoms with Crippen LogP contribution in [0.15, 0.2) is 52.0 Å². The summed E-state index contributed by atoms with van der Waals surface area (Å²) in [4.78, 5) is 35.0. The van der Waals surface area contributed by atoms with Gasteiger partial charge >= 0.3 is 5.97 Å². The second-order valence-electron chi connectivity index (χ2n) is 6.22. The van der Waals surface area contributed by atoms with Gasteiger partial charge in [0.05, 0.1) is 12.1 Å². The van der Waals surface area contributed by atoms with Gasteiger partial charge < -0.3 is 10.1 Å². The van der Waals surface area contributed by atoms with Gasteiger partial charge in [0, 0.05) is 28.2 Å². The zero-order chi connectivity index (χ0) is 20.7. The third-order valence-electron chi connectivity index (χ3n) is 3.49. The molecule has 2 aromatic rings. The maximum atomic E-state index is 12.2. The van der Waals surface area contributed by atoms with Crippen molar-refractivity contribution >= 4 is 45.6 Å². The van der Waals surface area contributed by atoms with E-state index < -0.39 is 5.91 Å². The standard InChI is InChI=1S/C20H20BrN3O4/c1-12(2)20(27)28-18-9-6-16(21)10-15(18)11-22-24-19(26)14-4-7-17(8-5-14)23-13(3)25/h4-12H,1-3H3,(H,23,25)(H,24,26). The Bertz CT molecular complexity index is 908. The summed E-state index contributed by atoms with van der Waals surface area (Å²) in [5.74, 6) is -0.889. The molecule has 146 valence electrons. The minimum Gasteiger partial charge on any atom is -0.426 e. The fourth-order valence-corrected chi connectivity index (χ4v) is 2.45. The number of amides is 2. The summed E-state index contributed by atoms with van der Waals surface area (Å²) in [7, 11) is 0. The number of hydrazone groups is 1. The summed E-state index contributed by atoms with van der Waals surface area (Å²) >= 11 is 3.35. The highest BCUT2D eigenvalue weighted by atomic mass is 79.9. The minimum absolute atomic E-state index is 0.190. The van der Waals surface area contributed by atoms with E-state index in [1.807, 2.05) is 0 Å². The average Bonchev–Trinajstić information content (AvgIpc) is 2.63. The van der Waals surface area contributed by atoms with Gasteiger partial charge in [-0.15, -0.1) is 0 Å². The molecule has 0 heterocycles. The molecule has 2 N–H and O–H groups in total. The van der Waals surface area contributed by atoms with E-state index in [0.29, 0.717) is 22.6 Å². The number of rotatable bonds is 6. The van der Waals surface area contributed by atoms with E-state index in [1.165, 1.54) is 13.1 Å². The number of benzene rings is 2. The van der Waals surface area contributed by atoms with Crippen molar-refractivity contribution < 1.29 is 19.1 Å². The number of halogens is 1. The smallest absolute Gasteiger partial charge is 0.313 e. The number of ether oxygens (including phenoxy) is 1.